The minimum absolute atomic E-state index is 0.603. The van der Waals surface area contributed by atoms with Crippen molar-refractivity contribution in [3.8, 4) is 0 Å². The third-order valence-electron chi connectivity index (χ3n) is 0.702. The molecule has 0 bridgehead atoms. The van der Waals surface area contributed by atoms with E-state index in [0.717, 1.165) is 0 Å². The second kappa shape index (κ2) is 6.79. The van der Waals surface area contributed by atoms with Crippen LogP contribution < -0.4 is 0 Å². The van der Waals surface area contributed by atoms with Crippen molar-refractivity contribution >= 4 is 39.1 Å². The van der Waals surface area contributed by atoms with Crippen LogP contribution in [0.2, 0.25) is 4.47 Å². The van der Waals surface area contributed by atoms with Gasteiger partial charge in [0.25, 0.3) is 0 Å². The van der Waals surface area contributed by atoms with E-state index in [-0.39, 0.29) is 0 Å². The molecule has 0 radical (unpaired) electrons. The van der Waals surface area contributed by atoms with Gasteiger partial charge < -0.3 is 0 Å². The predicted octanol–water partition coefficient (Wildman–Crippen LogP) is 0.992. The summed E-state index contributed by atoms with van der Waals surface area (Å²) < 4.78 is 1.60. The molecule has 0 rings (SSSR count). The van der Waals surface area contributed by atoms with E-state index in [2.05, 4.69) is 6.92 Å². The van der Waals surface area contributed by atoms with Gasteiger partial charge in [-0.05, 0) is 0 Å². The van der Waals surface area contributed by atoms with Gasteiger partial charge in [0.15, 0.2) is 0 Å². The molecule has 0 aromatic heterocycles. The summed E-state index contributed by atoms with van der Waals surface area (Å²) in [6, 6.07) is 0. The standard InChI is InChI=1S/C4H10Te.Na/c1-2-3-4-5;/h5H,2-4H2,1H3;/q;+1/p-1. The molecular weight excluding hydrogens is 199 g/mol. The molecule has 0 N–H and O–H groups in total. The number of unbranched alkanes of at least 4 members (excludes halogenated alkanes) is 1. The summed E-state index contributed by atoms with van der Waals surface area (Å²) in [5.41, 5.74) is 0. The Morgan fingerprint density at radius 2 is 2.33 bits per heavy atom. The van der Waals surface area contributed by atoms with Crippen LogP contribution in [0.3, 0.4) is 0 Å². The van der Waals surface area contributed by atoms with Gasteiger partial charge in [-0.3, -0.25) is 0 Å². The molecule has 0 unspecified atom stereocenters. The van der Waals surface area contributed by atoms with E-state index < -0.39 is 0 Å². The van der Waals surface area contributed by atoms with Gasteiger partial charge in [0, 0.05) is 0 Å². The van der Waals surface area contributed by atoms with Crippen LogP contribution in [-0.2, 0) is 0 Å². The van der Waals surface area contributed by atoms with Crippen molar-refractivity contribution in [2.45, 2.75) is 24.2 Å². The van der Waals surface area contributed by atoms with Crippen LogP contribution in [0.4, 0.5) is 0 Å². The topological polar surface area (TPSA) is 0 Å². The third-order valence-corrected chi connectivity index (χ3v) is 5.43. The Hall–Kier alpha value is 1.79. The fourth-order valence-corrected chi connectivity index (χ4v) is 3.87. The van der Waals surface area contributed by atoms with E-state index >= 15 is 0 Å². The van der Waals surface area contributed by atoms with Crippen molar-refractivity contribution in [3.63, 3.8) is 0 Å². The van der Waals surface area contributed by atoms with Gasteiger partial charge in [-0.2, -0.15) is 0 Å². The zero-order valence-electron chi connectivity index (χ0n) is 4.53. The summed E-state index contributed by atoms with van der Waals surface area (Å²) >= 11 is 2.14. The SMILES string of the molecule is CCCC[Te][Na]. The molecule has 0 saturated heterocycles. The molecule has 0 aromatic rings. The summed E-state index contributed by atoms with van der Waals surface area (Å²) in [4.78, 5) is 0. The summed E-state index contributed by atoms with van der Waals surface area (Å²) in [5, 5.41) is 0. The predicted molar refractivity (Wildman–Crippen MR) is 31.2 cm³/mol. The molecule has 0 aromatic carbocycles. The molecule has 0 amide bonds. The Morgan fingerprint density at radius 3 is 2.50 bits per heavy atom. The Morgan fingerprint density at radius 1 is 1.67 bits per heavy atom. The molecule has 0 nitrogen and oxygen atoms in total. The van der Waals surface area contributed by atoms with Crippen LogP contribution in [0.15, 0.2) is 0 Å². The van der Waals surface area contributed by atoms with Crippen molar-refractivity contribution in [3.05, 3.63) is 0 Å². The average molecular weight is 208 g/mol. The first-order valence-electron chi connectivity index (χ1n) is 2.40. The molecule has 0 aliphatic heterocycles. The van der Waals surface area contributed by atoms with Gasteiger partial charge in [-0.15, -0.1) is 0 Å². The van der Waals surface area contributed by atoms with E-state index in [4.69, 9.17) is 0 Å². The molecule has 0 saturated carbocycles. The quantitative estimate of drug-likeness (QED) is 0.479. The zero-order chi connectivity index (χ0) is 4.83. The minimum atomic E-state index is 0.603. The summed E-state index contributed by atoms with van der Waals surface area (Å²) in [6.45, 7) is 2.27. The third kappa shape index (κ3) is 5.79. The molecule has 0 spiro atoms. The van der Waals surface area contributed by atoms with Gasteiger partial charge in [-0.1, -0.05) is 0 Å². The fourth-order valence-electron chi connectivity index (χ4n) is 0.289. The van der Waals surface area contributed by atoms with Crippen molar-refractivity contribution in [1.29, 1.82) is 0 Å². The molecule has 2 heteroatoms. The van der Waals surface area contributed by atoms with Crippen LogP contribution in [0.1, 0.15) is 19.8 Å². The number of rotatable bonds is 3. The van der Waals surface area contributed by atoms with Crippen molar-refractivity contribution in [2.75, 3.05) is 0 Å². The monoisotopic (exact) mass is 210 g/mol. The molecule has 0 aliphatic rings. The second-order valence-corrected chi connectivity index (χ2v) is 8.03. The maximum atomic E-state index is 2.27. The average Bonchev–Trinajstić information content (AvgIpc) is 1.61. The molecule has 6 heavy (non-hydrogen) atoms. The first kappa shape index (κ1) is 7.79. The molecule has 0 atom stereocenters. The Labute approximate surface area is 62.5 Å². The van der Waals surface area contributed by atoms with Crippen LogP contribution in [-0.4, -0.2) is 39.1 Å². The first-order valence-corrected chi connectivity index (χ1v) is 11.9. The first-order chi connectivity index (χ1) is 2.91. The number of hydrogen-bond donors (Lipinski definition) is 0. The summed E-state index contributed by atoms with van der Waals surface area (Å²) in [7, 11) is 0. The summed E-state index contributed by atoms with van der Waals surface area (Å²) in [5.74, 6) is 0. The van der Waals surface area contributed by atoms with E-state index in [1.54, 1.807) is 4.47 Å². The number of hydrogen-bond acceptors (Lipinski definition) is 0. The van der Waals surface area contributed by atoms with Gasteiger partial charge in [0.2, 0.25) is 0 Å². The van der Waals surface area contributed by atoms with Crippen molar-refractivity contribution in [2.24, 2.45) is 0 Å². The Balaban J connectivity index is 2.34. The van der Waals surface area contributed by atoms with Crippen LogP contribution in [0.25, 0.3) is 0 Å². The summed E-state index contributed by atoms with van der Waals surface area (Å²) in [6.07, 6.45) is 2.92. The fraction of sp³-hybridized carbons (Fsp3) is 1.00. The van der Waals surface area contributed by atoms with Crippen LogP contribution in [0, 0.1) is 0 Å². The molecular formula is C4H9NaTe. The zero-order valence-corrected chi connectivity index (χ0v) is 8.86. The van der Waals surface area contributed by atoms with Gasteiger partial charge >= 0.3 is 63.3 Å². The molecule has 32 valence electrons. The van der Waals surface area contributed by atoms with E-state index in [9.17, 15) is 0 Å². The normalized spacial score (nSPS) is 9.17. The molecule has 0 heterocycles. The molecule has 0 fully saturated rings. The van der Waals surface area contributed by atoms with E-state index in [0.29, 0.717) is 15.5 Å². The molecule has 0 aliphatic carbocycles. The second-order valence-electron chi connectivity index (χ2n) is 1.35. The Kier molecular flexibility index (Phi) is 8.81. The van der Waals surface area contributed by atoms with Crippen LogP contribution in [0.5, 0.6) is 0 Å². The van der Waals surface area contributed by atoms with Gasteiger partial charge in [0.05, 0.1) is 0 Å². The van der Waals surface area contributed by atoms with Gasteiger partial charge in [0.1, 0.15) is 0 Å². The Bertz CT molecular complexity index is 19.5. The van der Waals surface area contributed by atoms with E-state index in [1.807, 2.05) is 0 Å². The van der Waals surface area contributed by atoms with Crippen molar-refractivity contribution < 1.29 is 0 Å². The van der Waals surface area contributed by atoms with Gasteiger partial charge in [-0.25, -0.2) is 0 Å². The van der Waals surface area contributed by atoms with Crippen LogP contribution >= 0.6 is 0 Å². The van der Waals surface area contributed by atoms with Crippen molar-refractivity contribution in [1.82, 2.24) is 0 Å². The van der Waals surface area contributed by atoms with E-state index in [1.165, 1.54) is 36.4 Å². The maximum absolute atomic E-state index is 2.27.